The number of pyridine rings is 2. The third kappa shape index (κ3) is 4.38. The number of nitrogens with zero attached hydrogens (tertiary/aromatic N) is 6. The number of benzene rings is 1. The first-order valence-electron chi connectivity index (χ1n) is 12.9. The van der Waals surface area contributed by atoms with Crippen LogP contribution in [0.4, 0.5) is 5.69 Å². The standard InChI is InChI=1S/C28H33N7/c1-20-17-34(27-5-4-21(14-29)28-26(27)3-2-8-31-28)19-25-7-10-33(11-12-35(20)25)18-24-13-23-15-30-9-6-22(23)16-32-24/h2-5,8,13,16,20,25,30H,6-7,9-12,15,17-19H2,1H3/t20-,25+/m1/s1. The molecule has 0 spiro atoms. The molecule has 0 amide bonds. The smallest absolute Gasteiger partial charge is 0.101 e. The Labute approximate surface area is 207 Å². The normalized spacial score (nSPS) is 23.4. The summed E-state index contributed by atoms with van der Waals surface area (Å²) in [5.41, 5.74) is 6.67. The molecule has 7 nitrogen and oxygen atoms in total. The molecule has 0 unspecified atom stereocenters. The van der Waals surface area contributed by atoms with Crippen LogP contribution in [-0.4, -0.2) is 71.1 Å². The van der Waals surface area contributed by atoms with Crippen molar-refractivity contribution in [2.45, 2.75) is 44.9 Å². The SMILES string of the molecule is C[C@@H]1CN(c2ccc(C#N)c3ncccc23)C[C@@H]2CCN(Cc3cc4c(cn3)CCNC4)CCN21. The van der Waals surface area contributed by atoms with Gasteiger partial charge in [-0.3, -0.25) is 19.8 Å². The highest BCUT2D eigenvalue weighted by atomic mass is 15.3. The molecule has 3 aromatic rings. The number of aromatic nitrogens is 2. The molecule has 0 bridgehead atoms. The van der Waals surface area contributed by atoms with E-state index in [1.807, 2.05) is 12.1 Å². The van der Waals surface area contributed by atoms with E-state index < -0.39 is 0 Å². The molecule has 0 aliphatic carbocycles. The highest BCUT2D eigenvalue weighted by Crippen LogP contribution is 2.32. The maximum Gasteiger partial charge on any atom is 0.101 e. The number of hydrogen-bond donors (Lipinski definition) is 1. The van der Waals surface area contributed by atoms with Crippen molar-refractivity contribution in [1.82, 2.24) is 25.1 Å². The number of piperazine rings is 1. The van der Waals surface area contributed by atoms with Crippen LogP contribution in [0.3, 0.4) is 0 Å². The highest BCUT2D eigenvalue weighted by Gasteiger charge is 2.34. The van der Waals surface area contributed by atoms with E-state index in [0.29, 0.717) is 17.6 Å². The van der Waals surface area contributed by atoms with E-state index in [9.17, 15) is 5.26 Å². The van der Waals surface area contributed by atoms with Crippen molar-refractivity contribution >= 4 is 16.6 Å². The number of nitrogens with one attached hydrogen (secondary N) is 1. The molecule has 35 heavy (non-hydrogen) atoms. The lowest BCUT2D eigenvalue weighted by Gasteiger charge is -2.46. The number of nitriles is 1. The second-order valence-corrected chi connectivity index (χ2v) is 10.2. The topological polar surface area (TPSA) is 71.3 Å². The first-order valence-corrected chi connectivity index (χ1v) is 12.9. The minimum absolute atomic E-state index is 0.476. The Morgan fingerprint density at radius 1 is 1.11 bits per heavy atom. The maximum absolute atomic E-state index is 9.53. The Hall–Kier alpha value is -3.05. The highest BCUT2D eigenvalue weighted by molar-refractivity contribution is 5.95. The van der Waals surface area contributed by atoms with E-state index in [1.165, 1.54) is 22.5 Å². The van der Waals surface area contributed by atoms with Gasteiger partial charge in [-0.05, 0) is 67.8 Å². The molecule has 6 rings (SSSR count). The first-order chi connectivity index (χ1) is 17.2. The predicted octanol–water partition coefficient (Wildman–Crippen LogP) is 2.93. The van der Waals surface area contributed by atoms with E-state index in [-0.39, 0.29) is 0 Å². The minimum Gasteiger partial charge on any atom is -0.368 e. The van der Waals surface area contributed by atoms with Gasteiger partial charge in [-0.15, -0.1) is 0 Å². The Kier molecular flexibility index (Phi) is 6.11. The lowest BCUT2D eigenvalue weighted by atomic mass is 10.0. The largest absolute Gasteiger partial charge is 0.368 e. The van der Waals surface area contributed by atoms with Crippen LogP contribution in [0.5, 0.6) is 0 Å². The lowest BCUT2D eigenvalue weighted by Crippen LogP contribution is -2.58. The van der Waals surface area contributed by atoms with Crippen molar-refractivity contribution in [3.05, 3.63) is 65.1 Å². The van der Waals surface area contributed by atoms with Crippen molar-refractivity contribution < 1.29 is 0 Å². The van der Waals surface area contributed by atoms with Crippen molar-refractivity contribution in [3.8, 4) is 6.07 Å². The first kappa shape index (κ1) is 22.4. The third-order valence-electron chi connectivity index (χ3n) is 8.02. The third-order valence-corrected chi connectivity index (χ3v) is 8.02. The van der Waals surface area contributed by atoms with Gasteiger partial charge in [-0.1, -0.05) is 0 Å². The quantitative estimate of drug-likeness (QED) is 0.635. The fraction of sp³-hybridized carbons (Fsp3) is 0.464. The second-order valence-electron chi connectivity index (χ2n) is 10.2. The van der Waals surface area contributed by atoms with Gasteiger partial charge in [-0.25, -0.2) is 0 Å². The summed E-state index contributed by atoms with van der Waals surface area (Å²) in [5, 5.41) is 14.1. The van der Waals surface area contributed by atoms with E-state index in [1.54, 1.807) is 6.20 Å². The number of hydrogen-bond acceptors (Lipinski definition) is 7. The molecule has 2 aromatic heterocycles. The van der Waals surface area contributed by atoms with Crippen LogP contribution in [-0.2, 0) is 19.5 Å². The summed E-state index contributed by atoms with van der Waals surface area (Å²) in [5.74, 6) is 0. The minimum atomic E-state index is 0.476. The molecule has 0 radical (unpaired) electrons. The van der Waals surface area contributed by atoms with Gasteiger partial charge in [-0.2, -0.15) is 5.26 Å². The molecular formula is C28H33N7. The molecule has 2 saturated heterocycles. The molecule has 3 aliphatic heterocycles. The monoisotopic (exact) mass is 467 g/mol. The van der Waals surface area contributed by atoms with E-state index in [0.717, 1.165) is 76.1 Å². The van der Waals surface area contributed by atoms with Crippen LogP contribution in [0.25, 0.3) is 10.9 Å². The van der Waals surface area contributed by atoms with Crippen LogP contribution in [0.15, 0.2) is 42.7 Å². The second kappa shape index (κ2) is 9.54. The van der Waals surface area contributed by atoms with Gasteiger partial charge >= 0.3 is 0 Å². The number of fused-ring (bicyclic) bond motifs is 3. The summed E-state index contributed by atoms with van der Waals surface area (Å²) >= 11 is 0. The van der Waals surface area contributed by atoms with Crippen molar-refractivity contribution in [2.24, 2.45) is 0 Å². The molecule has 0 saturated carbocycles. The van der Waals surface area contributed by atoms with Crippen LogP contribution in [0.2, 0.25) is 0 Å². The van der Waals surface area contributed by atoms with E-state index in [2.05, 4.69) is 62.4 Å². The molecule has 1 aromatic carbocycles. The molecule has 3 aliphatic rings. The maximum atomic E-state index is 9.53. The fourth-order valence-electron chi connectivity index (χ4n) is 6.18. The Bertz CT molecular complexity index is 1270. The summed E-state index contributed by atoms with van der Waals surface area (Å²) in [6.45, 7) is 10.6. The molecule has 5 heterocycles. The summed E-state index contributed by atoms with van der Waals surface area (Å²) < 4.78 is 0. The Morgan fingerprint density at radius 3 is 2.97 bits per heavy atom. The number of rotatable bonds is 3. The van der Waals surface area contributed by atoms with Gasteiger partial charge in [0.05, 0.1) is 16.8 Å². The van der Waals surface area contributed by atoms with Crippen molar-refractivity contribution in [3.63, 3.8) is 0 Å². The fourth-order valence-corrected chi connectivity index (χ4v) is 6.18. The lowest BCUT2D eigenvalue weighted by molar-refractivity contribution is 0.127. The molecule has 2 fully saturated rings. The van der Waals surface area contributed by atoms with Crippen molar-refractivity contribution in [2.75, 3.05) is 44.2 Å². The molecule has 7 heteroatoms. The summed E-state index contributed by atoms with van der Waals surface area (Å²) in [6, 6.07) is 13.7. The summed E-state index contributed by atoms with van der Waals surface area (Å²) in [4.78, 5) is 17.1. The van der Waals surface area contributed by atoms with Crippen LogP contribution in [0.1, 0.15) is 35.7 Å². The zero-order valence-electron chi connectivity index (χ0n) is 20.5. The molecular weight excluding hydrogens is 434 g/mol. The summed E-state index contributed by atoms with van der Waals surface area (Å²) in [7, 11) is 0. The molecule has 180 valence electrons. The van der Waals surface area contributed by atoms with Gasteiger partial charge < -0.3 is 10.2 Å². The van der Waals surface area contributed by atoms with Gasteiger partial charge in [0.2, 0.25) is 0 Å². The zero-order chi connectivity index (χ0) is 23.8. The van der Waals surface area contributed by atoms with Gasteiger partial charge in [0.1, 0.15) is 6.07 Å². The molecule has 2 atom stereocenters. The van der Waals surface area contributed by atoms with Crippen molar-refractivity contribution in [1.29, 1.82) is 5.26 Å². The zero-order valence-corrected chi connectivity index (χ0v) is 20.5. The average Bonchev–Trinajstić information content (AvgIpc) is 3.10. The Balaban J connectivity index is 1.18. The average molecular weight is 468 g/mol. The predicted molar refractivity (Wildman–Crippen MR) is 138 cm³/mol. The van der Waals surface area contributed by atoms with E-state index in [4.69, 9.17) is 4.98 Å². The van der Waals surface area contributed by atoms with Gasteiger partial charge in [0.25, 0.3) is 0 Å². The number of anilines is 1. The van der Waals surface area contributed by atoms with Gasteiger partial charge in [0, 0.05) is 81.4 Å². The molecule has 1 N–H and O–H groups in total. The van der Waals surface area contributed by atoms with Crippen LogP contribution < -0.4 is 10.2 Å². The Morgan fingerprint density at radius 2 is 2.06 bits per heavy atom. The van der Waals surface area contributed by atoms with Crippen LogP contribution in [0, 0.1) is 11.3 Å². The van der Waals surface area contributed by atoms with Crippen LogP contribution >= 0.6 is 0 Å². The summed E-state index contributed by atoms with van der Waals surface area (Å²) in [6.07, 6.45) is 6.12. The van der Waals surface area contributed by atoms with E-state index >= 15 is 0 Å². The van der Waals surface area contributed by atoms with Gasteiger partial charge in [0.15, 0.2) is 0 Å².